The Bertz CT molecular complexity index is 1050. The lowest BCUT2D eigenvalue weighted by Gasteiger charge is -2.41. The van der Waals surface area contributed by atoms with E-state index in [0.717, 1.165) is 69.4 Å². The van der Waals surface area contributed by atoms with Crippen LogP contribution in [0.5, 0.6) is 0 Å². The normalized spacial score (nSPS) is 20.4. The summed E-state index contributed by atoms with van der Waals surface area (Å²) in [5.74, 6) is 1.90. The van der Waals surface area contributed by atoms with Crippen molar-refractivity contribution in [2.24, 2.45) is 5.41 Å². The number of nitrogens with zero attached hydrogens (tertiary/aromatic N) is 7. The van der Waals surface area contributed by atoms with E-state index in [9.17, 15) is 14.4 Å². The first-order valence-corrected chi connectivity index (χ1v) is 16.2. The summed E-state index contributed by atoms with van der Waals surface area (Å²) in [5.41, 5.74) is -1.14. The summed E-state index contributed by atoms with van der Waals surface area (Å²) in [6.45, 7) is 16.8. The number of hydrogen-bond donors (Lipinski definition) is 0. The van der Waals surface area contributed by atoms with Crippen LogP contribution in [0.25, 0.3) is 0 Å². The van der Waals surface area contributed by atoms with Crippen molar-refractivity contribution >= 4 is 35.4 Å². The molecule has 1 aromatic heterocycles. The number of anilines is 3. The van der Waals surface area contributed by atoms with Gasteiger partial charge in [-0.2, -0.15) is 9.97 Å². The molecule has 1 aliphatic carbocycles. The predicted octanol–water partition coefficient (Wildman–Crippen LogP) is 3.32. The average molecular weight is 586 g/mol. The van der Waals surface area contributed by atoms with Gasteiger partial charge in [-0.15, -0.1) is 0 Å². The number of carbonyl (C=O) groups excluding carboxylic acids is 3. The van der Waals surface area contributed by atoms with Crippen LogP contribution in [0.2, 0.25) is 0 Å². The van der Waals surface area contributed by atoms with Gasteiger partial charge in [0.05, 0.1) is 6.61 Å². The molecule has 3 heterocycles. The highest BCUT2D eigenvalue weighted by molar-refractivity contribution is 6.04. The molecule has 1 aromatic rings. The fourth-order valence-electron chi connectivity index (χ4n) is 6.77. The summed E-state index contributed by atoms with van der Waals surface area (Å²) in [6, 6.07) is 1.55. The van der Waals surface area contributed by atoms with E-state index >= 15 is 0 Å². The molecular formula is C31H51N7O4. The first-order chi connectivity index (χ1) is 20.3. The molecule has 234 valence electrons. The van der Waals surface area contributed by atoms with E-state index in [-0.39, 0.29) is 18.4 Å². The van der Waals surface area contributed by atoms with Gasteiger partial charge in [0.2, 0.25) is 17.8 Å². The fourth-order valence-corrected chi connectivity index (χ4v) is 6.77. The van der Waals surface area contributed by atoms with Crippen molar-refractivity contribution in [1.82, 2.24) is 19.8 Å². The Morgan fingerprint density at radius 2 is 1.50 bits per heavy atom. The third-order valence-corrected chi connectivity index (χ3v) is 9.32. The molecule has 1 unspecified atom stereocenters. The number of likely N-dealkylation sites (tertiary alicyclic amines) is 1. The summed E-state index contributed by atoms with van der Waals surface area (Å²) < 4.78 is 5.40. The third-order valence-electron chi connectivity index (χ3n) is 9.32. The maximum Gasteiger partial charge on any atom is 0.321 e. The first-order valence-electron chi connectivity index (χ1n) is 16.2. The molecule has 11 heteroatoms. The molecule has 11 nitrogen and oxygen atoms in total. The third kappa shape index (κ3) is 6.44. The summed E-state index contributed by atoms with van der Waals surface area (Å²) in [6.07, 6.45) is 5.08. The van der Waals surface area contributed by atoms with E-state index in [4.69, 9.17) is 14.7 Å². The average Bonchev–Trinajstić information content (AvgIpc) is 3.52. The van der Waals surface area contributed by atoms with E-state index in [1.54, 1.807) is 11.8 Å². The van der Waals surface area contributed by atoms with Gasteiger partial charge in [-0.3, -0.25) is 14.4 Å². The van der Waals surface area contributed by atoms with Crippen LogP contribution in [-0.2, 0) is 19.1 Å². The minimum atomic E-state index is -1.14. The molecular weight excluding hydrogens is 534 g/mol. The van der Waals surface area contributed by atoms with Gasteiger partial charge in [0.25, 0.3) is 0 Å². The quantitative estimate of drug-likeness (QED) is 0.286. The molecule has 2 amide bonds. The van der Waals surface area contributed by atoms with Crippen molar-refractivity contribution in [3.05, 3.63) is 6.07 Å². The lowest BCUT2D eigenvalue weighted by Crippen LogP contribution is -2.57. The second-order valence-electron chi connectivity index (χ2n) is 11.6. The van der Waals surface area contributed by atoms with Crippen molar-refractivity contribution < 1.29 is 19.1 Å². The Labute approximate surface area is 251 Å². The topological polar surface area (TPSA) is 102 Å². The zero-order valence-corrected chi connectivity index (χ0v) is 26.4. The standard InChI is InChI=1S/C31H51N7O4/c1-6-34(7-2)25-23-26(33-30(32-25)35(8-3)9-4)36-19-21-37(22-20-36)27(39)24-15-14-18-38(24)28(40)31(29(41)42-10-5)16-12-11-13-17-31/h23-24H,6-22H2,1-5H3. The van der Waals surface area contributed by atoms with Crippen LogP contribution in [0, 0.1) is 5.41 Å². The molecule has 0 aromatic carbocycles. The van der Waals surface area contributed by atoms with Crippen LogP contribution in [-0.4, -0.2) is 109 Å². The van der Waals surface area contributed by atoms with Crippen LogP contribution in [0.4, 0.5) is 17.6 Å². The summed E-state index contributed by atoms with van der Waals surface area (Å²) in [5, 5.41) is 0. The molecule has 0 N–H and O–H groups in total. The Morgan fingerprint density at radius 3 is 2.10 bits per heavy atom. The van der Waals surface area contributed by atoms with E-state index in [1.807, 2.05) is 4.90 Å². The number of hydrogen-bond acceptors (Lipinski definition) is 9. The van der Waals surface area contributed by atoms with Gasteiger partial charge < -0.3 is 29.2 Å². The van der Waals surface area contributed by atoms with E-state index in [1.165, 1.54) is 0 Å². The van der Waals surface area contributed by atoms with E-state index < -0.39 is 17.4 Å². The predicted molar refractivity (Wildman–Crippen MR) is 165 cm³/mol. The van der Waals surface area contributed by atoms with Crippen molar-refractivity contribution in [3.63, 3.8) is 0 Å². The number of ether oxygens (including phenoxy) is 1. The van der Waals surface area contributed by atoms with Crippen molar-refractivity contribution in [3.8, 4) is 0 Å². The molecule has 1 saturated carbocycles. The van der Waals surface area contributed by atoms with Crippen LogP contribution >= 0.6 is 0 Å². The SMILES string of the molecule is CCOC(=O)C1(C(=O)N2CCCC2C(=O)N2CCN(c3cc(N(CC)CC)nc(N(CC)CC)n3)CC2)CCCCC1. The molecule has 2 aliphatic heterocycles. The van der Waals surface area contributed by atoms with E-state index in [0.29, 0.717) is 52.0 Å². The minimum absolute atomic E-state index is 0.00864. The highest BCUT2D eigenvalue weighted by Gasteiger charge is 2.52. The van der Waals surface area contributed by atoms with Gasteiger partial charge in [0, 0.05) is 65.0 Å². The van der Waals surface area contributed by atoms with Crippen LogP contribution in [0.3, 0.4) is 0 Å². The van der Waals surface area contributed by atoms with Gasteiger partial charge >= 0.3 is 5.97 Å². The molecule has 42 heavy (non-hydrogen) atoms. The van der Waals surface area contributed by atoms with Crippen LogP contribution in [0.15, 0.2) is 6.07 Å². The van der Waals surface area contributed by atoms with Crippen molar-refractivity contribution in [1.29, 1.82) is 0 Å². The molecule has 3 fully saturated rings. The van der Waals surface area contributed by atoms with Gasteiger partial charge in [0.1, 0.15) is 23.1 Å². The Balaban J connectivity index is 1.47. The zero-order chi connectivity index (χ0) is 30.3. The largest absolute Gasteiger partial charge is 0.465 e. The maximum atomic E-state index is 14.0. The molecule has 2 saturated heterocycles. The second kappa shape index (κ2) is 14.4. The lowest BCUT2D eigenvalue weighted by atomic mass is 9.72. The number of esters is 1. The smallest absolute Gasteiger partial charge is 0.321 e. The summed E-state index contributed by atoms with van der Waals surface area (Å²) >= 11 is 0. The summed E-state index contributed by atoms with van der Waals surface area (Å²) in [7, 11) is 0. The van der Waals surface area contributed by atoms with Crippen molar-refractivity contribution in [2.45, 2.75) is 85.6 Å². The molecule has 0 spiro atoms. The zero-order valence-electron chi connectivity index (χ0n) is 26.4. The number of piperazine rings is 1. The van der Waals surface area contributed by atoms with E-state index in [2.05, 4.69) is 48.5 Å². The van der Waals surface area contributed by atoms with Gasteiger partial charge in [-0.1, -0.05) is 19.3 Å². The fraction of sp³-hybridized carbons (Fsp3) is 0.774. The molecule has 0 bridgehead atoms. The Kier molecular flexibility index (Phi) is 10.9. The highest BCUT2D eigenvalue weighted by Crippen LogP contribution is 2.41. The highest BCUT2D eigenvalue weighted by atomic mass is 16.5. The van der Waals surface area contributed by atoms with Crippen molar-refractivity contribution in [2.75, 3.05) is 80.2 Å². The van der Waals surface area contributed by atoms with Gasteiger partial charge in [-0.25, -0.2) is 0 Å². The number of aromatic nitrogens is 2. The summed E-state index contributed by atoms with van der Waals surface area (Å²) in [4.78, 5) is 60.9. The molecule has 0 radical (unpaired) electrons. The van der Waals surface area contributed by atoms with Gasteiger partial charge in [-0.05, 0) is 60.3 Å². The lowest BCUT2D eigenvalue weighted by molar-refractivity contribution is -0.169. The number of rotatable bonds is 11. The minimum Gasteiger partial charge on any atom is -0.465 e. The van der Waals surface area contributed by atoms with Gasteiger partial charge in [0.15, 0.2) is 0 Å². The molecule has 1 atom stereocenters. The maximum absolute atomic E-state index is 14.0. The molecule has 3 aliphatic rings. The number of carbonyl (C=O) groups is 3. The van der Waals surface area contributed by atoms with Crippen LogP contribution in [0.1, 0.15) is 79.6 Å². The second-order valence-corrected chi connectivity index (χ2v) is 11.6. The Hall–Kier alpha value is -3.11. The Morgan fingerprint density at radius 1 is 0.857 bits per heavy atom. The first kappa shape index (κ1) is 31.8. The molecule has 4 rings (SSSR count). The van der Waals surface area contributed by atoms with Crippen LogP contribution < -0.4 is 14.7 Å². The number of amides is 2. The monoisotopic (exact) mass is 585 g/mol.